The summed E-state index contributed by atoms with van der Waals surface area (Å²) in [7, 11) is 1.03. The number of benzene rings is 2. The number of phenolic OH excluding ortho intramolecular Hbond substituents is 3. The van der Waals surface area contributed by atoms with Gasteiger partial charge in [-0.05, 0) is 18.2 Å². The Morgan fingerprint density at radius 1 is 0.941 bits per heavy atom. The van der Waals surface area contributed by atoms with Crippen LogP contribution in [-0.2, 0) is 14.3 Å². The third kappa shape index (κ3) is 4.10. The molecular formula is C22H20O12. The van der Waals surface area contributed by atoms with E-state index in [0.29, 0.717) is 0 Å². The lowest BCUT2D eigenvalue weighted by molar-refractivity contribution is -0.271. The highest BCUT2D eigenvalue weighted by molar-refractivity contribution is 5.86. The van der Waals surface area contributed by atoms with Crippen molar-refractivity contribution in [2.45, 2.75) is 30.7 Å². The summed E-state index contributed by atoms with van der Waals surface area (Å²) >= 11 is 0. The molecule has 180 valence electrons. The summed E-state index contributed by atoms with van der Waals surface area (Å²) in [6.45, 7) is 0. The van der Waals surface area contributed by atoms with E-state index in [1.54, 1.807) is 0 Å². The van der Waals surface area contributed by atoms with Crippen LogP contribution in [0.15, 0.2) is 45.6 Å². The molecule has 2 aromatic carbocycles. The molecule has 0 unspecified atom stereocenters. The molecule has 0 bridgehead atoms. The molecule has 1 saturated heterocycles. The molecule has 1 fully saturated rings. The summed E-state index contributed by atoms with van der Waals surface area (Å²) in [5.41, 5.74) is -0.529. The first kappa shape index (κ1) is 23.3. The normalized spacial score (nSPS) is 24.6. The average Bonchev–Trinajstić information content (AvgIpc) is 2.80. The minimum absolute atomic E-state index is 0.00241. The maximum Gasteiger partial charge on any atom is 0.337 e. The molecule has 34 heavy (non-hydrogen) atoms. The Bertz CT molecular complexity index is 1300. The summed E-state index contributed by atoms with van der Waals surface area (Å²) < 4.78 is 21.0. The van der Waals surface area contributed by atoms with Gasteiger partial charge in [0.15, 0.2) is 23.0 Å². The number of carbonyl (C=O) groups excluding carboxylic acids is 1. The number of phenols is 3. The zero-order chi connectivity index (χ0) is 24.7. The second kappa shape index (κ2) is 8.83. The Morgan fingerprint density at radius 2 is 1.68 bits per heavy atom. The lowest BCUT2D eigenvalue weighted by Gasteiger charge is -2.38. The number of ether oxygens (including phenoxy) is 3. The zero-order valence-electron chi connectivity index (χ0n) is 17.5. The van der Waals surface area contributed by atoms with E-state index in [0.717, 1.165) is 25.3 Å². The van der Waals surface area contributed by atoms with Gasteiger partial charge in [-0.15, -0.1) is 0 Å². The van der Waals surface area contributed by atoms with Gasteiger partial charge in [0, 0.05) is 23.8 Å². The van der Waals surface area contributed by atoms with E-state index in [4.69, 9.17) is 13.9 Å². The highest BCUT2D eigenvalue weighted by Crippen LogP contribution is 2.35. The van der Waals surface area contributed by atoms with Gasteiger partial charge in [0.1, 0.15) is 46.5 Å². The summed E-state index contributed by atoms with van der Waals surface area (Å²) in [6.07, 6.45) is -8.92. The van der Waals surface area contributed by atoms with Crippen LogP contribution in [0.2, 0.25) is 0 Å². The third-order valence-electron chi connectivity index (χ3n) is 5.29. The van der Waals surface area contributed by atoms with Gasteiger partial charge in [-0.3, -0.25) is 4.79 Å². The number of carbonyl (C=O) groups is 1. The molecule has 6 N–H and O–H groups in total. The van der Waals surface area contributed by atoms with Gasteiger partial charge in [0.05, 0.1) is 7.11 Å². The number of aromatic hydroxyl groups is 3. The number of fused-ring (bicyclic) bond motifs is 1. The number of hydrogen-bond donors (Lipinski definition) is 6. The van der Waals surface area contributed by atoms with Crippen LogP contribution in [0.3, 0.4) is 0 Å². The van der Waals surface area contributed by atoms with Crippen molar-refractivity contribution in [1.29, 1.82) is 0 Å². The van der Waals surface area contributed by atoms with E-state index in [2.05, 4.69) is 4.74 Å². The van der Waals surface area contributed by atoms with Crippen molar-refractivity contribution in [3.63, 3.8) is 0 Å². The van der Waals surface area contributed by atoms with E-state index in [-0.39, 0.29) is 33.8 Å². The fourth-order valence-electron chi connectivity index (χ4n) is 3.53. The highest BCUT2D eigenvalue weighted by atomic mass is 16.7. The minimum atomic E-state index is -1.85. The van der Waals surface area contributed by atoms with Crippen LogP contribution in [0, 0.1) is 0 Å². The molecule has 0 spiro atoms. The Balaban J connectivity index is 1.75. The maximum atomic E-state index is 12.9. The predicted molar refractivity (Wildman–Crippen MR) is 112 cm³/mol. The standard InChI is InChI=1S/C22H20O12/c1-31-21(30)20-18(28)17(27)19(29)22(34-20)33-15-6-9(23)5-14-16(15)12(26)7-13(32-14)8-2-3-10(24)11(25)4-8/h2-7,17-20,22-25,27-29H,1H3/t17-,18-,19+,20-,22+/m0/s1. The number of aliphatic hydroxyl groups excluding tert-OH is 3. The summed E-state index contributed by atoms with van der Waals surface area (Å²) in [5.74, 6) is -2.54. The number of rotatable bonds is 4. The summed E-state index contributed by atoms with van der Waals surface area (Å²) in [4.78, 5) is 24.8. The van der Waals surface area contributed by atoms with E-state index < -0.39 is 53.6 Å². The van der Waals surface area contributed by atoms with Crippen molar-refractivity contribution >= 4 is 16.9 Å². The largest absolute Gasteiger partial charge is 0.508 e. The first-order valence-corrected chi connectivity index (χ1v) is 9.88. The van der Waals surface area contributed by atoms with Crippen molar-refractivity contribution in [1.82, 2.24) is 0 Å². The summed E-state index contributed by atoms with van der Waals surface area (Å²) in [6, 6.07) is 7.00. The van der Waals surface area contributed by atoms with E-state index >= 15 is 0 Å². The van der Waals surface area contributed by atoms with Gasteiger partial charge in [0.25, 0.3) is 0 Å². The molecule has 1 aliphatic heterocycles. The Hall–Kier alpha value is -3.84. The van der Waals surface area contributed by atoms with Crippen LogP contribution >= 0.6 is 0 Å². The van der Waals surface area contributed by atoms with Crippen LogP contribution in [0.25, 0.3) is 22.3 Å². The van der Waals surface area contributed by atoms with Gasteiger partial charge in [0.2, 0.25) is 6.29 Å². The Morgan fingerprint density at radius 3 is 2.35 bits per heavy atom. The number of hydrogen-bond acceptors (Lipinski definition) is 12. The fraction of sp³-hybridized carbons (Fsp3) is 0.273. The van der Waals surface area contributed by atoms with Gasteiger partial charge in [-0.2, -0.15) is 0 Å². The molecule has 12 heteroatoms. The van der Waals surface area contributed by atoms with Crippen molar-refractivity contribution in [3.8, 4) is 34.3 Å². The second-order valence-corrected chi connectivity index (χ2v) is 7.53. The van der Waals surface area contributed by atoms with Gasteiger partial charge < -0.3 is 49.3 Å². The maximum absolute atomic E-state index is 12.9. The van der Waals surface area contributed by atoms with Gasteiger partial charge in [-0.1, -0.05) is 0 Å². The molecule has 1 aromatic heterocycles. The Labute approximate surface area is 190 Å². The molecule has 0 aliphatic carbocycles. The van der Waals surface area contributed by atoms with Crippen LogP contribution in [0.1, 0.15) is 0 Å². The quantitative estimate of drug-likeness (QED) is 0.217. The number of esters is 1. The smallest absolute Gasteiger partial charge is 0.337 e. The molecule has 0 saturated carbocycles. The molecule has 12 nitrogen and oxygen atoms in total. The minimum Gasteiger partial charge on any atom is -0.508 e. The first-order valence-electron chi connectivity index (χ1n) is 9.88. The van der Waals surface area contributed by atoms with Crippen molar-refractivity contribution in [3.05, 3.63) is 46.6 Å². The van der Waals surface area contributed by atoms with Crippen molar-refractivity contribution < 1.29 is 54.1 Å². The van der Waals surface area contributed by atoms with Crippen molar-refractivity contribution in [2.75, 3.05) is 7.11 Å². The number of aliphatic hydroxyl groups is 3. The lowest BCUT2D eigenvalue weighted by atomic mass is 9.99. The van der Waals surface area contributed by atoms with E-state index in [1.165, 1.54) is 18.2 Å². The second-order valence-electron chi connectivity index (χ2n) is 7.53. The first-order chi connectivity index (χ1) is 16.1. The molecular weight excluding hydrogens is 456 g/mol. The third-order valence-corrected chi connectivity index (χ3v) is 5.29. The molecule has 0 radical (unpaired) electrons. The van der Waals surface area contributed by atoms with E-state index in [1.807, 2.05) is 0 Å². The topological polar surface area (TPSA) is 196 Å². The van der Waals surface area contributed by atoms with Gasteiger partial charge in [-0.25, -0.2) is 4.79 Å². The van der Waals surface area contributed by atoms with Crippen LogP contribution in [0.5, 0.6) is 23.0 Å². The highest BCUT2D eigenvalue weighted by Gasteiger charge is 2.48. The molecule has 5 atom stereocenters. The average molecular weight is 476 g/mol. The zero-order valence-corrected chi connectivity index (χ0v) is 17.5. The SMILES string of the molecule is COC(=O)[C@H]1O[C@@H](Oc2cc(O)cc3oc(-c4ccc(O)c(O)c4)cc(=O)c23)[C@H](O)[C@@H](O)[C@@H]1O. The molecule has 2 heterocycles. The molecule has 3 aromatic rings. The lowest BCUT2D eigenvalue weighted by Crippen LogP contribution is -2.61. The molecule has 0 amide bonds. The summed E-state index contributed by atoms with van der Waals surface area (Å²) in [5, 5.41) is 59.5. The number of methoxy groups -OCH3 is 1. The van der Waals surface area contributed by atoms with Crippen molar-refractivity contribution in [2.24, 2.45) is 0 Å². The fourth-order valence-corrected chi connectivity index (χ4v) is 3.53. The molecule has 1 aliphatic rings. The molecule has 4 rings (SSSR count). The predicted octanol–water partition coefficient (Wildman–Crippen LogP) is -0.0638. The van der Waals surface area contributed by atoms with Crippen LogP contribution in [-0.4, -0.2) is 74.4 Å². The van der Waals surface area contributed by atoms with Crippen LogP contribution < -0.4 is 10.2 Å². The Kier molecular flexibility index (Phi) is 6.06. The van der Waals surface area contributed by atoms with E-state index in [9.17, 15) is 40.2 Å². The monoisotopic (exact) mass is 476 g/mol. The van der Waals surface area contributed by atoms with Gasteiger partial charge >= 0.3 is 5.97 Å². The van der Waals surface area contributed by atoms with Crippen LogP contribution in [0.4, 0.5) is 0 Å².